The van der Waals surface area contributed by atoms with Crippen molar-refractivity contribution in [1.29, 1.82) is 0 Å². The predicted molar refractivity (Wildman–Crippen MR) is 110 cm³/mol. The van der Waals surface area contributed by atoms with E-state index in [2.05, 4.69) is 10.3 Å². The summed E-state index contributed by atoms with van der Waals surface area (Å²) in [7, 11) is 1.57. The molecule has 1 amide bonds. The van der Waals surface area contributed by atoms with Crippen molar-refractivity contribution in [2.24, 2.45) is 5.92 Å². The number of hydrogen-bond acceptors (Lipinski definition) is 5. The van der Waals surface area contributed by atoms with Crippen molar-refractivity contribution in [2.45, 2.75) is 38.6 Å². The zero-order chi connectivity index (χ0) is 20.4. The van der Waals surface area contributed by atoms with Crippen LogP contribution in [0, 0.1) is 12.8 Å². The molecule has 0 saturated heterocycles. The molecule has 0 bridgehead atoms. The van der Waals surface area contributed by atoms with E-state index in [0.717, 1.165) is 48.4 Å². The quantitative estimate of drug-likeness (QED) is 0.665. The van der Waals surface area contributed by atoms with Gasteiger partial charge < -0.3 is 14.8 Å². The van der Waals surface area contributed by atoms with Gasteiger partial charge in [-0.25, -0.2) is 0 Å². The van der Waals surface area contributed by atoms with E-state index in [0.29, 0.717) is 23.0 Å². The molecule has 0 radical (unpaired) electrons. The van der Waals surface area contributed by atoms with Crippen molar-refractivity contribution in [3.05, 3.63) is 47.9 Å². The molecule has 2 aromatic heterocycles. The van der Waals surface area contributed by atoms with E-state index < -0.39 is 0 Å². The number of aromatic nitrogens is 3. The van der Waals surface area contributed by atoms with Crippen LogP contribution in [-0.4, -0.2) is 34.1 Å². The SMILES string of the molecule is COc1cc2nn([C@H]3CC[C@H](C=O)CC3)cc2cc1NC(=O)c1cncc(C)c1. The number of rotatable bonds is 5. The standard InChI is InChI=1S/C22H24N4O3/c1-14-7-16(11-23-10-14)22(28)24-20-8-17-12-26(25-19(17)9-21(20)29-2)18-5-3-15(13-27)4-6-18/h7-13,15,18H,3-6H2,1-2H3,(H,24,28)/t15-,18-. The zero-order valence-electron chi connectivity index (χ0n) is 16.6. The Morgan fingerprint density at radius 3 is 2.69 bits per heavy atom. The predicted octanol–water partition coefficient (Wildman–Crippen LogP) is 3.93. The van der Waals surface area contributed by atoms with Gasteiger partial charge in [0.25, 0.3) is 5.91 Å². The van der Waals surface area contributed by atoms with Gasteiger partial charge in [0.15, 0.2) is 0 Å². The Bertz CT molecular complexity index is 1050. The fraction of sp³-hybridized carbons (Fsp3) is 0.364. The van der Waals surface area contributed by atoms with Crippen molar-refractivity contribution in [3.8, 4) is 5.75 Å². The monoisotopic (exact) mass is 392 g/mol. The second-order valence-electron chi connectivity index (χ2n) is 7.63. The van der Waals surface area contributed by atoms with Gasteiger partial charge in [-0.3, -0.25) is 14.5 Å². The van der Waals surface area contributed by atoms with Crippen LogP contribution in [0.5, 0.6) is 5.75 Å². The second-order valence-corrected chi connectivity index (χ2v) is 7.63. The van der Waals surface area contributed by atoms with E-state index in [1.165, 1.54) is 0 Å². The van der Waals surface area contributed by atoms with Gasteiger partial charge in [-0.1, -0.05) is 0 Å². The number of amides is 1. The molecule has 7 nitrogen and oxygen atoms in total. The highest BCUT2D eigenvalue weighted by molar-refractivity contribution is 6.06. The number of benzene rings is 1. The molecule has 0 aliphatic heterocycles. The zero-order valence-corrected chi connectivity index (χ0v) is 16.6. The normalized spacial score (nSPS) is 19.1. The Balaban J connectivity index is 1.60. The molecule has 7 heteroatoms. The van der Waals surface area contributed by atoms with Crippen molar-refractivity contribution >= 4 is 28.8 Å². The van der Waals surface area contributed by atoms with Crippen molar-refractivity contribution in [1.82, 2.24) is 14.8 Å². The number of nitrogens with one attached hydrogen (secondary N) is 1. The number of carbonyl (C=O) groups is 2. The largest absolute Gasteiger partial charge is 0.494 e. The fourth-order valence-electron chi connectivity index (χ4n) is 3.90. The highest BCUT2D eigenvalue weighted by atomic mass is 16.5. The minimum Gasteiger partial charge on any atom is -0.494 e. The van der Waals surface area contributed by atoms with Crippen LogP contribution in [0.4, 0.5) is 5.69 Å². The van der Waals surface area contributed by atoms with E-state index in [9.17, 15) is 9.59 Å². The number of fused-ring (bicyclic) bond motifs is 1. The lowest BCUT2D eigenvalue weighted by molar-refractivity contribution is -0.112. The molecule has 0 unspecified atom stereocenters. The summed E-state index contributed by atoms with van der Waals surface area (Å²) in [4.78, 5) is 27.7. The molecule has 1 aliphatic carbocycles. The summed E-state index contributed by atoms with van der Waals surface area (Å²) in [6, 6.07) is 5.81. The van der Waals surface area contributed by atoms with Crippen LogP contribution < -0.4 is 10.1 Å². The molecule has 29 heavy (non-hydrogen) atoms. The van der Waals surface area contributed by atoms with Crippen molar-refractivity contribution in [2.75, 3.05) is 12.4 Å². The molecule has 4 rings (SSSR count). The van der Waals surface area contributed by atoms with Gasteiger partial charge >= 0.3 is 0 Å². The van der Waals surface area contributed by atoms with Crippen LogP contribution in [-0.2, 0) is 4.79 Å². The highest BCUT2D eigenvalue weighted by Crippen LogP contribution is 2.34. The molecule has 150 valence electrons. The molecule has 0 spiro atoms. The average molecular weight is 392 g/mol. The van der Waals surface area contributed by atoms with Crippen LogP contribution in [0.1, 0.15) is 47.6 Å². The summed E-state index contributed by atoms with van der Waals surface area (Å²) in [6.45, 7) is 1.90. The van der Waals surface area contributed by atoms with E-state index in [1.807, 2.05) is 29.9 Å². The Kier molecular flexibility index (Phi) is 5.29. The average Bonchev–Trinajstić information content (AvgIpc) is 3.16. The molecule has 3 aromatic rings. The lowest BCUT2D eigenvalue weighted by Gasteiger charge is -2.25. The summed E-state index contributed by atoms with van der Waals surface area (Å²) >= 11 is 0. The third kappa shape index (κ3) is 3.99. The molecule has 0 atom stereocenters. The first-order valence-corrected chi connectivity index (χ1v) is 9.82. The molecular weight excluding hydrogens is 368 g/mol. The molecule has 1 saturated carbocycles. The molecule has 1 N–H and O–H groups in total. The molecule has 2 heterocycles. The number of carbonyl (C=O) groups excluding carboxylic acids is 2. The van der Waals surface area contributed by atoms with Crippen LogP contribution in [0.15, 0.2) is 36.8 Å². The Hall–Kier alpha value is -3.22. The number of hydrogen-bond donors (Lipinski definition) is 1. The molecule has 1 aliphatic rings. The Morgan fingerprint density at radius 1 is 1.21 bits per heavy atom. The van der Waals surface area contributed by atoms with Crippen LogP contribution in [0.3, 0.4) is 0 Å². The lowest BCUT2D eigenvalue weighted by atomic mass is 9.87. The van der Waals surface area contributed by atoms with E-state index in [-0.39, 0.29) is 11.8 Å². The number of aldehydes is 1. The minimum absolute atomic E-state index is 0.175. The number of nitrogens with zero attached hydrogens (tertiary/aromatic N) is 3. The van der Waals surface area contributed by atoms with Crippen molar-refractivity contribution < 1.29 is 14.3 Å². The van der Waals surface area contributed by atoms with Crippen molar-refractivity contribution in [3.63, 3.8) is 0 Å². The fourth-order valence-corrected chi connectivity index (χ4v) is 3.90. The smallest absolute Gasteiger partial charge is 0.257 e. The van der Waals surface area contributed by atoms with Gasteiger partial charge in [-0.2, -0.15) is 5.10 Å². The summed E-state index contributed by atoms with van der Waals surface area (Å²) < 4.78 is 7.47. The summed E-state index contributed by atoms with van der Waals surface area (Å²) in [6.07, 6.45) is 10.0. The molecule has 1 fully saturated rings. The minimum atomic E-state index is -0.238. The van der Waals surface area contributed by atoms with Gasteiger partial charge in [-0.05, 0) is 50.3 Å². The number of pyridine rings is 1. The van der Waals surface area contributed by atoms with Gasteiger partial charge in [-0.15, -0.1) is 0 Å². The second kappa shape index (κ2) is 8.03. The van der Waals surface area contributed by atoms with Gasteiger partial charge in [0.2, 0.25) is 0 Å². The summed E-state index contributed by atoms with van der Waals surface area (Å²) in [5, 5.41) is 8.56. The van der Waals surface area contributed by atoms with E-state index in [4.69, 9.17) is 9.84 Å². The molecule has 1 aromatic carbocycles. The number of methoxy groups -OCH3 is 1. The first-order chi connectivity index (χ1) is 14.1. The van der Waals surface area contributed by atoms with Gasteiger partial charge in [0.05, 0.1) is 29.9 Å². The summed E-state index contributed by atoms with van der Waals surface area (Å²) in [5.41, 5.74) is 2.82. The van der Waals surface area contributed by atoms with Crippen LogP contribution >= 0.6 is 0 Å². The first-order valence-electron chi connectivity index (χ1n) is 9.82. The summed E-state index contributed by atoms with van der Waals surface area (Å²) in [5.74, 6) is 0.494. The number of anilines is 1. The maximum atomic E-state index is 12.6. The third-order valence-electron chi connectivity index (χ3n) is 5.54. The first kappa shape index (κ1) is 19.1. The van der Waals surface area contributed by atoms with Gasteiger partial charge in [0.1, 0.15) is 12.0 Å². The van der Waals surface area contributed by atoms with Crippen LogP contribution in [0.2, 0.25) is 0 Å². The van der Waals surface area contributed by atoms with Crippen LogP contribution in [0.25, 0.3) is 10.9 Å². The number of aryl methyl sites for hydroxylation is 1. The lowest BCUT2D eigenvalue weighted by Crippen LogP contribution is -2.19. The Labute approximate surface area is 169 Å². The van der Waals surface area contributed by atoms with E-state index in [1.54, 1.807) is 25.6 Å². The topological polar surface area (TPSA) is 86.1 Å². The molecular formula is C22H24N4O3. The van der Waals surface area contributed by atoms with E-state index >= 15 is 0 Å². The number of ether oxygens (including phenoxy) is 1. The Morgan fingerprint density at radius 2 is 2.00 bits per heavy atom. The van der Waals surface area contributed by atoms with Gasteiger partial charge in [0, 0.05) is 36.0 Å². The highest BCUT2D eigenvalue weighted by Gasteiger charge is 2.23. The maximum absolute atomic E-state index is 12.6. The third-order valence-corrected chi connectivity index (χ3v) is 5.54. The maximum Gasteiger partial charge on any atom is 0.257 e.